The Labute approximate surface area is 395 Å². The van der Waals surface area contributed by atoms with Gasteiger partial charge in [0.05, 0.1) is 64.0 Å². The van der Waals surface area contributed by atoms with Crippen LogP contribution in [0.5, 0.6) is 5.75 Å². The average molecular weight is 971 g/mol. The molecule has 1 aliphatic rings. The SMILES string of the molecule is COc1ccc(COC[C@H](C)[C@H]2OC2(C)[C@@H](O[Si](C)(C)C(C)(C)C)[C@@H](CO[Si](C)(C)C(C)(C)C)C(=O)[C@H](CO[Si](C)(C)C(C)(C)C)[C@H](CC(=O)N(C)OC)O[Si](C)(C)C(C)(C)C)cc1. The summed E-state index contributed by atoms with van der Waals surface area (Å²) in [6, 6.07) is 7.90. The first-order valence-electron chi connectivity index (χ1n) is 23.6. The topological polar surface area (TPSA) is 115 Å². The van der Waals surface area contributed by atoms with E-state index in [4.69, 9.17) is 36.8 Å². The molecule has 1 aliphatic heterocycles. The Hall–Kier alpha value is -1.25. The van der Waals surface area contributed by atoms with E-state index in [9.17, 15) is 4.79 Å². The highest BCUT2D eigenvalue weighted by Crippen LogP contribution is 2.52. The van der Waals surface area contributed by atoms with Crippen LogP contribution in [0.25, 0.3) is 0 Å². The van der Waals surface area contributed by atoms with E-state index >= 15 is 4.79 Å². The molecule has 1 aromatic rings. The second kappa shape index (κ2) is 21.6. The van der Waals surface area contributed by atoms with E-state index < -0.39 is 62.9 Å². The van der Waals surface area contributed by atoms with E-state index in [-0.39, 0.29) is 63.5 Å². The molecule has 1 fully saturated rings. The molecule has 2 rings (SSSR count). The molecule has 0 bridgehead atoms. The fourth-order valence-electron chi connectivity index (χ4n) is 6.63. The number of carbonyl (C=O) groups excluding carboxylic acids is 2. The van der Waals surface area contributed by atoms with E-state index in [0.717, 1.165) is 11.3 Å². The summed E-state index contributed by atoms with van der Waals surface area (Å²) in [5, 5.41) is 0.590. The summed E-state index contributed by atoms with van der Waals surface area (Å²) < 4.78 is 47.5. The number of amides is 1. The summed E-state index contributed by atoms with van der Waals surface area (Å²) in [7, 11) is -5.30. The molecule has 15 heteroatoms. The van der Waals surface area contributed by atoms with E-state index in [1.165, 1.54) is 12.2 Å². The lowest BCUT2D eigenvalue weighted by Gasteiger charge is -2.46. The summed E-state index contributed by atoms with van der Waals surface area (Å²) in [5.74, 6) is -1.19. The van der Waals surface area contributed by atoms with Gasteiger partial charge in [0.15, 0.2) is 33.3 Å². The molecule has 0 saturated carbocycles. The number of ether oxygens (including phenoxy) is 3. The van der Waals surface area contributed by atoms with E-state index in [2.05, 4.69) is 149 Å². The fraction of sp³-hybridized carbons (Fsp3) is 0.837. The number of carbonyl (C=O) groups is 2. The molecule has 1 unspecified atom stereocenters. The van der Waals surface area contributed by atoms with Crippen LogP contribution in [-0.2, 0) is 48.2 Å². The molecule has 1 saturated heterocycles. The molecule has 7 atom stereocenters. The molecule has 0 spiro atoms. The standard InChI is InChI=1S/C49H95NO10Si4/c1-35(31-55-32-36-26-28-37(53-16)29-27-36)43-49(14,58-43)44(60-64(24,25)48(11,12)13)39(34-57-62(20,21)46(5,6)7)42(52)38(33-56-61(18,19)45(2,3)4)40(30-41(51)50(15)54-17)59-63(22,23)47(8,9)10/h26-29,35,38-40,43-44H,30-34H2,1-25H3/t35-,38+,39-,40-,43+,44-,49?/m0/s1. The highest BCUT2D eigenvalue weighted by Gasteiger charge is 2.65. The van der Waals surface area contributed by atoms with Crippen molar-refractivity contribution in [1.82, 2.24) is 5.06 Å². The van der Waals surface area contributed by atoms with Crippen LogP contribution in [0.15, 0.2) is 24.3 Å². The predicted octanol–water partition coefficient (Wildman–Crippen LogP) is 12.0. The Bertz CT molecular complexity index is 1660. The zero-order chi connectivity index (χ0) is 49.9. The van der Waals surface area contributed by atoms with Crippen molar-refractivity contribution in [2.24, 2.45) is 17.8 Å². The van der Waals surface area contributed by atoms with Gasteiger partial charge in [0.25, 0.3) is 0 Å². The minimum atomic E-state index is -2.59. The van der Waals surface area contributed by atoms with Crippen molar-refractivity contribution < 1.29 is 46.3 Å². The number of methoxy groups -OCH3 is 1. The number of nitrogens with zero attached hydrogens (tertiary/aromatic N) is 1. The molecular formula is C49H95NO10Si4. The van der Waals surface area contributed by atoms with Gasteiger partial charge in [-0.1, -0.05) is 102 Å². The Morgan fingerprint density at radius 1 is 0.688 bits per heavy atom. The van der Waals surface area contributed by atoms with E-state index in [1.807, 2.05) is 24.3 Å². The largest absolute Gasteiger partial charge is 0.497 e. The lowest BCUT2D eigenvalue weighted by molar-refractivity contribution is -0.171. The van der Waals surface area contributed by atoms with Crippen molar-refractivity contribution in [2.75, 3.05) is 41.1 Å². The Kier molecular flexibility index (Phi) is 19.9. The number of ketones is 1. The molecule has 0 radical (unpaired) electrons. The fourth-order valence-corrected chi connectivity index (χ4v) is 11.4. The third-order valence-electron chi connectivity index (χ3n) is 15.7. The Morgan fingerprint density at radius 3 is 1.55 bits per heavy atom. The van der Waals surface area contributed by atoms with E-state index in [0.29, 0.717) is 13.2 Å². The number of hydrogen-bond donors (Lipinski definition) is 0. The van der Waals surface area contributed by atoms with Crippen LogP contribution in [0, 0.1) is 17.8 Å². The van der Waals surface area contributed by atoms with Gasteiger partial charge >= 0.3 is 0 Å². The van der Waals surface area contributed by atoms with Crippen LogP contribution in [-0.4, -0.2) is 115 Å². The maximum absolute atomic E-state index is 16.4. The molecule has 64 heavy (non-hydrogen) atoms. The highest BCUT2D eigenvalue weighted by atomic mass is 28.4. The van der Waals surface area contributed by atoms with Crippen molar-refractivity contribution >= 4 is 45.0 Å². The monoisotopic (exact) mass is 970 g/mol. The maximum atomic E-state index is 16.4. The minimum Gasteiger partial charge on any atom is -0.497 e. The third kappa shape index (κ3) is 15.1. The zero-order valence-corrected chi connectivity index (χ0v) is 49.3. The summed E-state index contributed by atoms with van der Waals surface area (Å²) in [6.45, 7) is 49.5. The van der Waals surface area contributed by atoms with Crippen LogP contribution < -0.4 is 4.74 Å². The van der Waals surface area contributed by atoms with Crippen molar-refractivity contribution in [3.63, 3.8) is 0 Å². The lowest BCUT2D eigenvalue weighted by Crippen LogP contribution is -2.57. The highest BCUT2D eigenvalue weighted by molar-refractivity contribution is 6.75. The van der Waals surface area contributed by atoms with Crippen LogP contribution in [0.1, 0.15) is 109 Å². The van der Waals surface area contributed by atoms with Gasteiger partial charge in [-0.3, -0.25) is 14.4 Å². The second-order valence-electron chi connectivity index (χ2n) is 24.8. The zero-order valence-electron chi connectivity index (χ0n) is 45.3. The second-order valence-corrected chi connectivity index (χ2v) is 43.9. The number of benzene rings is 1. The molecule has 0 aliphatic carbocycles. The average Bonchev–Trinajstić information content (AvgIpc) is 3.84. The van der Waals surface area contributed by atoms with Crippen molar-refractivity contribution in [1.29, 1.82) is 0 Å². The predicted molar refractivity (Wildman–Crippen MR) is 272 cm³/mol. The number of rotatable bonds is 24. The van der Waals surface area contributed by atoms with Gasteiger partial charge in [0, 0.05) is 26.2 Å². The Balaban J connectivity index is 2.91. The molecule has 372 valence electrons. The molecule has 1 heterocycles. The minimum absolute atomic E-state index is 0.0135. The quantitative estimate of drug-likeness (QED) is 0.0563. The lowest BCUT2D eigenvalue weighted by atomic mass is 9.79. The first-order chi connectivity index (χ1) is 28.7. The van der Waals surface area contributed by atoms with Gasteiger partial charge in [-0.25, -0.2) is 5.06 Å². The number of hydroxylamine groups is 2. The normalized spacial score (nSPS) is 20.6. The number of epoxide rings is 1. The van der Waals surface area contributed by atoms with Gasteiger partial charge in [-0.2, -0.15) is 0 Å². The molecular weight excluding hydrogens is 875 g/mol. The van der Waals surface area contributed by atoms with Crippen LogP contribution in [0.2, 0.25) is 72.5 Å². The van der Waals surface area contributed by atoms with Gasteiger partial charge < -0.3 is 31.9 Å². The molecule has 0 aromatic heterocycles. The summed E-state index contributed by atoms with van der Waals surface area (Å²) in [5.41, 5.74) is 0.207. The van der Waals surface area contributed by atoms with Crippen molar-refractivity contribution in [2.45, 2.75) is 206 Å². The summed E-state index contributed by atoms with van der Waals surface area (Å²) >= 11 is 0. The van der Waals surface area contributed by atoms with Gasteiger partial charge in [0.1, 0.15) is 17.1 Å². The van der Waals surface area contributed by atoms with Crippen LogP contribution >= 0.6 is 0 Å². The molecule has 11 nitrogen and oxygen atoms in total. The molecule has 1 amide bonds. The molecule has 0 N–H and O–H groups in total. The van der Waals surface area contributed by atoms with Crippen LogP contribution in [0.4, 0.5) is 0 Å². The maximum Gasteiger partial charge on any atom is 0.248 e. The molecule has 1 aromatic carbocycles. The summed E-state index contributed by atoms with van der Waals surface area (Å²) in [4.78, 5) is 35.8. The van der Waals surface area contributed by atoms with Gasteiger partial charge in [-0.05, 0) is 97.1 Å². The Morgan fingerprint density at radius 2 is 1.12 bits per heavy atom. The van der Waals surface area contributed by atoms with E-state index in [1.54, 1.807) is 14.2 Å². The number of hydrogen-bond acceptors (Lipinski definition) is 10. The van der Waals surface area contributed by atoms with Crippen molar-refractivity contribution in [3.05, 3.63) is 29.8 Å². The summed E-state index contributed by atoms with van der Waals surface area (Å²) in [6.07, 6.45) is -1.79. The third-order valence-corrected chi connectivity index (χ3v) is 33.6. The first kappa shape index (κ1) is 58.9. The van der Waals surface area contributed by atoms with Crippen LogP contribution in [0.3, 0.4) is 0 Å². The smallest absolute Gasteiger partial charge is 0.248 e. The van der Waals surface area contributed by atoms with Crippen molar-refractivity contribution in [3.8, 4) is 5.75 Å². The first-order valence-corrected chi connectivity index (χ1v) is 35.2. The van der Waals surface area contributed by atoms with Gasteiger partial charge in [-0.15, -0.1) is 0 Å². The number of Topliss-reactive ketones (excluding diaryl/α,β-unsaturated/α-hetero) is 1. The van der Waals surface area contributed by atoms with Gasteiger partial charge in [0.2, 0.25) is 5.91 Å².